The number of rotatable bonds is 4. The predicted molar refractivity (Wildman–Crippen MR) is 98.2 cm³/mol. The smallest absolute Gasteiger partial charge is 0.214 e. The van der Waals surface area contributed by atoms with Crippen molar-refractivity contribution in [3.05, 3.63) is 52.7 Å². The monoisotopic (exact) mass is 328 g/mol. The standard InChI is InChI=1S/C19H28N4O/c1-13-14(2)24-17(23-13)12-22-18(20-6)21-11-15-7-9-16(10-8-15)19(3,4)5/h7-10H,11-12H2,1-6H3,(H2,20,21,22). The maximum absolute atomic E-state index is 5.56. The summed E-state index contributed by atoms with van der Waals surface area (Å²) in [6, 6.07) is 8.68. The van der Waals surface area contributed by atoms with Crippen LogP contribution in [-0.2, 0) is 18.5 Å². The van der Waals surface area contributed by atoms with Crippen molar-refractivity contribution in [1.29, 1.82) is 0 Å². The molecule has 24 heavy (non-hydrogen) atoms. The molecule has 0 amide bonds. The first kappa shape index (κ1) is 18.0. The van der Waals surface area contributed by atoms with Gasteiger partial charge < -0.3 is 15.1 Å². The molecular formula is C19H28N4O. The molecule has 1 heterocycles. The van der Waals surface area contributed by atoms with E-state index in [2.05, 4.69) is 65.6 Å². The van der Waals surface area contributed by atoms with Crippen molar-refractivity contribution in [1.82, 2.24) is 15.6 Å². The van der Waals surface area contributed by atoms with Crippen molar-refractivity contribution in [2.24, 2.45) is 4.99 Å². The molecule has 0 unspecified atom stereocenters. The van der Waals surface area contributed by atoms with Gasteiger partial charge >= 0.3 is 0 Å². The SMILES string of the molecule is CN=C(NCc1ccc(C(C)(C)C)cc1)NCc1nc(C)c(C)o1. The summed E-state index contributed by atoms with van der Waals surface area (Å²) in [6.45, 7) is 11.7. The van der Waals surface area contributed by atoms with Gasteiger partial charge in [-0.15, -0.1) is 0 Å². The van der Waals surface area contributed by atoms with Crippen LogP contribution in [0.15, 0.2) is 33.7 Å². The summed E-state index contributed by atoms with van der Waals surface area (Å²) in [7, 11) is 1.75. The number of nitrogens with zero attached hydrogens (tertiary/aromatic N) is 2. The van der Waals surface area contributed by atoms with Crippen LogP contribution in [0.3, 0.4) is 0 Å². The summed E-state index contributed by atoms with van der Waals surface area (Å²) in [5, 5.41) is 6.52. The van der Waals surface area contributed by atoms with Crippen molar-refractivity contribution >= 4 is 5.96 Å². The van der Waals surface area contributed by atoms with E-state index in [0.29, 0.717) is 19.0 Å². The predicted octanol–water partition coefficient (Wildman–Crippen LogP) is 3.45. The molecule has 0 bridgehead atoms. The molecule has 5 heteroatoms. The number of benzene rings is 1. The van der Waals surface area contributed by atoms with Gasteiger partial charge in [-0.3, -0.25) is 4.99 Å². The Labute approximate surface area is 144 Å². The normalized spacial score (nSPS) is 12.3. The molecule has 0 saturated heterocycles. The van der Waals surface area contributed by atoms with Crippen LogP contribution in [0.2, 0.25) is 0 Å². The Morgan fingerprint density at radius 1 is 1.08 bits per heavy atom. The second-order valence-electron chi connectivity index (χ2n) is 6.98. The van der Waals surface area contributed by atoms with Crippen molar-refractivity contribution < 1.29 is 4.42 Å². The molecule has 1 aromatic heterocycles. The summed E-state index contributed by atoms with van der Waals surface area (Å²) in [5.74, 6) is 2.25. The first-order chi connectivity index (χ1) is 11.3. The molecule has 0 atom stereocenters. The second kappa shape index (κ2) is 7.51. The molecule has 0 saturated carbocycles. The average molecular weight is 328 g/mol. The Balaban J connectivity index is 1.87. The Morgan fingerprint density at radius 3 is 2.21 bits per heavy atom. The Bertz CT molecular complexity index is 674. The van der Waals surface area contributed by atoms with E-state index >= 15 is 0 Å². The fourth-order valence-corrected chi connectivity index (χ4v) is 2.30. The first-order valence-corrected chi connectivity index (χ1v) is 8.26. The van der Waals surface area contributed by atoms with Crippen LogP contribution in [0, 0.1) is 13.8 Å². The zero-order valence-corrected chi connectivity index (χ0v) is 15.5. The highest BCUT2D eigenvalue weighted by atomic mass is 16.4. The van der Waals surface area contributed by atoms with Crippen LogP contribution in [0.4, 0.5) is 0 Å². The van der Waals surface area contributed by atoms with Crippen molar-refractivity contribution in [3.63, 3.8) is 0 Å². The number of aryl methyl sites for hydroxylation is 2. The lowest BCUT2D eigenvalue weighted by atomic mass is 9.87. The number of hydrogen-bond donors (Lipinski definition) is 2. The van der Waals surface area contributed by atoms with E-state index in [4.69, 9.17) is 4.42 Å². The number of aliphatic imine (C=N–C) groups is 1. The van der Waals surface area contributed by atoms with Crippen molar-refractivity contribution in [2.45, 2.75) is 53.1 Å². The van der Waals surface area contributed by atoms with Gasteiger partial charge in [0.15, 0.2) is 5.96 Å². The molecule has 0 fully saturated rings. The summed E-state index contributed by atoms with van der Waals surface area (Å²) >= 11 is 0. The van der Waals surface area contributed by atoms with Gasteiger partial charge in [-0.1, -0.05) is 45.0 Å². The summed E-state index contributed by atoms with van der Waals surface area (Å²) in [6.07, 6.45) is 0. The lowest BCUT2D eigenvalue weighted by Gasteiger charge is -2.19. The summed E-state index contributed by atoms with van der Waals surface area (Å²) in [4.78, 5) is 8.58. The molecule has 2 N–H and O–H groups in total. The minimum Gasteiger partial charge on any atom is -0.444 e. The third-order valence-electron chi connectivity index (χ3n) is 3.98. The van der Waals surface area contributed by atoms with Crippen molar-refractivity contribution in [3.8, 4) is 0 Å². The fourth-order valence-electron chi connectivity index (χ4n) is 2.30. The number of oxazole rings is 1. The lowest BCUT2D eigenvalue weighted by Crippen LogP contribution is -2.36. The summed E-state index contributed by atoms with van der Waals surface area (Å²) in [5.41, 5.74) is 3.65. The maximum atomic E-state index is 5.56. The van der Waals surface area contributed by atoms with Crippen LogP contribution < -0.4 is 10.6 Å². The van der Waals surface area contributed by atoms with E-state index in [1.54, 1.807) is 7.05 Å². The van der Waals surface area contributed by atoms with Gasteiger partial charge in [0.2, 0.25) is 5.89 Å². The number of hydrogen-bond acceptors (Lipinski definition) is 3. The molecule has 0 aliphatic heterocycles. The van der Waals surface area contributed by atoms with Crippen molar-refractivity contribution in [2.75, 3.05) is 7.05 Å². The fraction of sp³-hybridized carbons (Fsp3) is 0.474. The molecular weight excluding hydrogens is 300 g/mol. The van der Waals surface area contributed by atoms with Gasteiger partial charge in [-0.05, 0) is 30.4 Å². The molecule has 2 aromatic rings. The minimum absolute atomic E-state index is 0.176. The summed E-state index contributed by atoms with van der Waals surface area (Å²) < 4.78 is 5.56. The van der Waals surface area contributed by atoms with Gasteiger partial charge in [-0.25, -0.2) is 4.98 Å². The third-order valence-corrected chi connectivity index (χ3v) is 3.98. The molecule has 5 nitrogen and oxygen atoms in total. The average Bonchev–Trinajstić information content (AvgIpc) is 2.85. The van der Waals surface area contributed by atoms with Crippen LogP contribution in [-0.4, -0.2) is 18.0 Å². The Morgan fingerprint density at radius 2 is 1.71 bits per heavy atom. The molecule has 2 rings (SSSR count). The number of aromatic nitrogens is 1. The molecule has 0 aliphatic carbocycles. The molecule has 0 aliphatic rings. The van der Waals surface area contributed by atoms with E-state index in [-0.39, 0.29) is 5.41 Å². The highest BCUT2D eigenvalue weighted by Crippen LogP contribution is 2.22. The molecule has 130 valence electrons. The van der Waals surface area contributed by atoms with Gasteiger partial charge in [0.05, 0.1) is 12.2 Å². The first-order valence-electron chi connectivity index (χ1n) is 8.26. The van der Waals surface area contributed by atoms with Crippen LogP contribution in [0.1, 0.15) is 49.2 Å². The van der Waals surface area contributed by atoms with Crippen LogP contribution in [0.5, 0.6) is 0 Å². The van der Waals surface area contributed by atoms with E-state index in [1.165, 1.54) is 11.1 Å². The topological polar surface area (TPSA) is 62.5 Å². The van der Waals surface area contributed by atoms with E-state index in [9.17, 15) is 0 Å². The minimum atomic E-state index is 0.176. The number of nitrogens with one attached hydrogen (secondary N) is 2. The lowest BCUT2D eigenvalue weighted by molar-refractivity contribution is 0.463. The largest absolute Gasteiger partial charge is 0.444 e. The Hall–Kier alpha value is -2.30. The maximum Gasteiger partial charge on any atom is 0.214 e. The van der Waals surface area contributed by atoms with Crippen LogP contribution in [0.25, 0.3) is 0 Å². The third kappa shape index (κ3) is 4.85. The van der Waals surface area contributed by atoms with E-state index in [1.807, 2.05) is 13.8 Å². The quantitative estimate of drug-likeness (QED) is 0.666. The van der Waals surface area contributed by atoms with E-state index in [0.717, 1.165) is 17.4 Å². The second-order valence-corrected chi connectivity index (χ2v) is 6.98. The molecule has 0 spiro atoms. The zero-order valence-electron chi connectivity index (χ0n) is 15.5. The van der Waals surface area contributed by atoms with Gasteiger partial charge in [-0.2, -0.15) is 0 Å². The van der Waals surface area contributed by atoms with Gasteiger partial charge in [0.25, 0.3) is 0 Å². The van der Waals surface area contributed by atoms with E-state index < -0.39 is 0 Å². The Kier molecular flexibility index (Phi) is 5.65. The van der Waals surface area contributed by atoms with Gasteiger partial charge in [0.1, 0.15) is 5.76 Å². The van der Waals surface area contributed by atoms with Gasteiger partial charge in [0, 0.05) is 13.6 Å². The molecule has 0 radical (unpaired) electrons. The zero-order chi connectivity index (χ0) is 17.7. The molecule has 1 aromatic carbocycles. The number of guanidine groups is 1. The van der Waals surface area contributed by atoms with Crippen LogP contribution >= 0.6 is 0 Å². The highest BCUT2D eigenvalue weighted by Gasteiger charge is 2.12. The highest BCUT2D eigenvalue weighted by molar-refractivity contribution is 5.79.